The summed E-state index contributed by atoms with van der Waals surface area (Å²) in [5.74, 6) is 0. The topological polar surface area (TPSA) is 37.8 Å². The maximum absolute atomic E-state index is 4.42. The van der Waals surface area contributed by atoms with Crippen LogP contribution in [0.25, 0.3) is 0 Å². The summed E-state index contributed by atoms with van der Waals surface area (Å²) in [6.45, 7) is 0. The number of rotatable bonds is 4. The zero-order valence-electron chi connectivity index (χ0n) is 9.90. The summed E-state index contributed by atoms with van der Waals surface area (Å²) < 4.78 is 2.01. The monoisotopic (exact) mass is 369 g/mol. The molecule has 0 saturated heterocycles. The Kier molecular flexibility index (Phi) is 4.86. The van der Waals surface area contributed by atoms with Gasteiger partial charge in [-0.1, -0.05) is 0 Å². The molecule has 0 spiro atoms. The van der Waals surface area contributed by atoms with Crippen LogP contribution >= 0.6 is 31.9 Å². The van der Waals surface area contributed by atoms with Gasteiger partial charge in [0.15, 0.2) is 0 Å². The molecule has 0 aliphatic heterocycles. The van der Waals surface area contributed by atoms with E-state index in [9.17, 15) is 0 Å². The van der Waals surface area contributed by atoms with Crippen LogP contribution in [0.5, 0.6) is 0 Å². The predicted molar refractivity (Wildman–Crippen MR) is 79.4 cm³/mol. The molecule has 1 atom stereocenters. The molecule has 0 fully saturated rings. The van der Waals surface area contributed by atoms with Gasteiger partial charge in [-0.3, -0.25) is 9.97 Å². The highest BCUT2D eigenvalue weighted by Crippen LogP contribution is 2.23. The van der Waals surface area contributed by atoms with Crippen molar-refractivity contribution in [3.05, 3.63) is 57.0 Å². The van der Waals surface area contributed by atoms with Gasteiger partial charge in [-0.05, 0) is 63.2 Å². The van der Waals surface area contributed by atoms with Gasteiger partial charge in [0.2, 0.25) is 0 Å². The molecule has 2 rings (SSSR count). The smallest absolute Gasteiger partial charge is 0.0718 e. The van der Waals surface area contributed by atoms with Crippen LogP contribution in [-0.2, 0) is 6.42 Å². The molecule has 0 saturated carbocycles. The second-order valence-corrected chi connectivity index (χ2v) is 5.65. The molecule has 0 bridgehead atoms. The number of nitrogens with zero attached hydrogens (tertiary/aromatic N) is 2. The molecule has 2 heterocycles. The second kappa shape index (κ2) is 6.41. The first-order valence-corrected chi connectivity index (χ1v) is 7.17. The van der Waals surface area contributed by atoms with E-state index in [2.05, 4.69) is 47.1 Å². The molecule has 94 valence electrons. The Bertz CT molecular complexity index is 514. The van der Waals surface area contributed by atoms with E-state index in [1.54, 1.807) is 6.20 Å². The van der Waals surface area contributed by atoms with Gasteiger partial charge < -0.3 is 5.32 Å². The van der Waals surface area contributed by atoms with Crippen molar-refractivity contribution in [2.24, 2.45) is 0 Å². The Balaban J connectivity index is 2.20. The van der Waals surface area contributed by atoms with Crippen LogP contribution in [0.2, 0.25) is 0 Å². The van der Waals surface area contributed by atoms with E-state index < -0.39 is 0 Å². The minimum Gasteiger partial charge on any atom is -0.311 e. The van der Waals surface area contributed by atoms with Crippen molar-refractivity contribution in [2.45, 2.75) is 12.5 Å². The van der Waals surface area contributed by atoms with Gasteiger partial charge in [-0.15, -0.1) is 0 Å². The fraction of sp³-hybridized carbons (Fsp3) is 0.231. The molecule has 2 aromatic heterocycles. The van der Waals surface area contributed by atoms with Crippen LogP contribution in [0, 0.1) is 0 Å². The van der Waals surface area contributed by atoms with Gasteiger partial charge in [-0.2, -0.15) is 0 Å². The zero-order valence-corrected chi connectivity index (χ0v) is 13.1. The van der Waals surface area contributed by atoms with Gasteiger partial charge in [0, 0.05) is 33.5 Å². The highest BCUT2D eigenvalue weighted by molar-refractivity contribution is 9.10. The van der Waals surface area contributed by atoms with Crippen LogP contribution in [0.4, 0.5) is 0 Å². The van der Waals surface area contributed by atoms with E-state index in [4.69, 9.17) is 0 Å². The van der Waals surface area contributed by atoms with Crippen molar-refractivity contribution in [1.82, 2.24) is 15.3 Å². The summed E-state index contributed by atoms with van der Waals surface area (Å²) in [6, 6.07) is 8.09. The number of aromatic nitrogens is 2. The number of halogens is 2. The zero-order chi connectivity index (χ0) is 13.0. The molecule has 1 unspecified atom stereocenters. The Morgan fingerprint density at radius 2 is 2.06 bits per heavy atom. The first-order chi connectivity index (χ1) is 8.70. The first kappa shape index (κ1) is 13.6. The lowest BCUT2D eigenvalue weighted by Crippen LogP contribution is -2.21. The molecule has 18 heavy (non-hydrogen) atoms. The Morgan fingerprint density at radius 1 is 1.22 bits per heavy atom. The molecule has 0 radical (unpaired) electrons. The van der Waals surface area contributed by atoms with Crippen LogP contribution in [0.15, 0.2) is 45.6 Å². The number of pyridine rings is 2. The van der Waals surface area contributed by atoms with Gasteiger partial charge in [0.25, 0.3) is 0 Å². The summed E-state index contributed by atoms with van der Waals surface area (Å²) in [5.41, 5.74) is 2.04. The maximum Gasteiger partial charge on any atom is 0.0718 e. The summed E-state index contributed by atoms with van der Waals surface area (Å²) >= 11 is 6.92. The normalized spacial score (nSPS) is 12.4. The summed E-state index contributed by atoms with van der Waals surface area (Å²) in [6.07, 6.45) is 4.42. The summed E-state index contributed by atoms with van der Waals surface area (Å²) in [7, 11) is 1.94. The standard InChI is InChI=1S/C13H13Br2N3/c1-16-12(13-11(15)3-2-6-17-13)7-10-5-4-9(14)8-18-10/h2-6,8,12,16H,7H2,1H3. The Morgan fingerprint density at radius 3 is 2.67 bits per heavy atom. The molecule has 0 amide bonds. The molecule has 5 heteroatoms. The lowest BCUT2D eigenvalue weighted by Gasteiger charge is -2.16. The van der Waals surface area contributed by atoms with Gasteiger partial charge in [-0.25, -0.2) is 0 Å². The SMILES string of the molecule is CNC(Cc1ccc(Br)cn1)c1ncccc1Br. The van der Waals surface area contributed by atoms with Crippen LogP contribution in [-0.4, -0.2) is 17.0 Å². The van der Waals surface area contributed by atoms with E-state index in [1.165, 1.54) is 0 Å². The Labute approximate surface area is 123 Å². The predicted octanol–water partition coefficient (Wildman–Crippen LogP) is 3.50. The molecule has 0 aliphatic rings. The fourth-order valence-electron chi connectivity index (χ4n) is 1.73. The van der Waals surface area contributed by atoms with Crippen molar-refractivity contribution in [3.8, 4) is 0 Å². The van der Waals surface area contributed by atoms with Crippen molar-refractivity contribution < 1.29 is 0 Å². The van der Waals surface area contributed by atoms with Crippen molar-refractivity contribution in [2.75, 3.05) is 7.05 Å². The van der Waals surface area contributed by atoms with E-state index in [0.29, 0.717) is 0 Å². The maximum atomic E-state index is 4.42. The quantitative estimate of drug-likeness (QED) is 0.894. The average Bonchev–Trinajstić information content (AvgIpc) is 2.39. The molecule has 0 aromatic carbocycles. The van der Waals surface area contributed by atoms with E-state index in [1.807, 2.05) is 37.5 Å². The number of hydrogen-bond donors (Lipinski definition) is 1. The minimum absolute atomic E-state index is 0.147. The minimum atomic E-state index is 0.147. The van der Waals surface area contributed by atoms with E-state index >= 15 is 0 Å². The Hall–Kier alpha value is -0.780. The van der Waals surface area contributed by atoms with Crippen LogP contribution in [0.1, 0.15) is 17.4 Å². The van der Waals surface area contributed by atoms with Crippen molar-refractivity contribution in [1.29, 1.82) is 0 Å². The molecular formula is C13H13Br2N3. The fourth-order valence-corrected chi connectivity index (χ4v) is 2.49. The third kappa shape index (κ3) is 3.37. The average molecular weight is 371 g/mol. The molecule has 0 aliphatic carbocycles. The van der Waals surface area contributed by atoms with E-state index in [0.717, 1.165) is 26.8 Å². The summed E-state index contributed by atoms with van der Waals surface area (Å²) in [4.78, 5) is 8.81. The number of nitrogens with one attached hydrogen (secondary N) is 1. The van der Waals surface area contributed by atoms with Gasteiger partial charge in [0.1, 0.15) is 0 Å². The van der Waals surface area contributed by atoms with Crippen LogP contribution in [0.3, 0.4) is 0 Å². The van der Waals surface area contributed by atoms with Crippen LogP contribution < -0.4 is 5.32 Å². The first-order valence-electron chi connectivity index (χ1n) is 5.59. The van der Waals surface area contributed by atoms with E-state index in [-0.39, 0.29) is 6.04 Å². The van der Waals surface area contributed by atoms with Crippen molar-refractivity contribution in [3.63, 3.8) is 0 Å². The van der Waals surface area contributed by atoms with Gasteiger partial charge in [0.05, 0.1) is 11.7 Å². The molecule has 3 nitrogen and oxygen atoms in total. The summed E-state index contributed by atoms with van der Waals surface area (Å²) in [5, 5.41) is 3.28. The molecule has 1 N–H and O–H groups in total. The lowest BCUT2D eigenvalue weighted by atomic mass is 10.1. The number of hydrogen-bond acceptors (Lipinski definition) is 3. The highest BCUT2D eigenvalue weighted by atomic mass is 79.9. The molecule has 2 aromatic rings. The molecular weight excluding hydrogens is 358 g/mol. The van der Waals surface area contributed by atoms with Gasteiger partial charge >= 0.3 is 0 Å². The lowest BCUT2D eigenvalue weighted by molar-refractivity contribution is 0.566. The van der Waals surface area contributed by atoms with Crippen molar-refractivity contribution >= 4 is 31.9 Å². The second-order valence-electron chi connectivity index (χ2n) is 3.88. The number of likely N-dealkylation sites (N-methyl/N-ethyl adjacent to an activating group) is 1. The third-order valence-corrected chi connectivity index (χ3v) is 3.81. The largest absolute Gasteiger partial charge is 0.311 e. The third-order valence-electron chi connectivity index (χ3n) is 2.67. The highest BCUT2D eigenvalue weighted by Gasteiger charge is 2.14.